The Balaban J connectivity index is 1.61. The van der Waals surface area contributed by atoms with Crippen LogP contribution in [0.5, 0.6) is 5.75 Å². The average Bonchev–Trinajstić information content (AvgIpc) is 3.39. The number of morpholine rings is 1. The number of anilines is 1. The third-order valence-corrected chi connectivity index (χ3v) is 6.77. The number of amides is 1. The molecule has 2 aromatic heterocycles. The van der Waals surface area contributed by atoms with Gasteiger partial charge < -0.3 is 13.9 Å². The molecule has 0 saturated carbocycles. The van der Waals surface area contributed by atoms with Crippen LogP contribution >= 0.6 is 27.3 Å². The number of nitrogens with zero attached hydrogens (tertiary/aromatic N) is 3. The first-order chi connectivity index (χ1) is 14.6. The molecule has 4 rings (SSSR count). The standard InChI is InChI=1S/C21H24BrN3O4S/c1-14-4-5-15(27-2)18-19(14)30-21(23-18)25(20(26)16-6-7-17(22)29-16)9-3-8-24-10-12-28-13-11-24/h4-7H,3,8-13H2,1-2H3. The number of methoxy groups -OCH3 is 1. The molecule has 1 fully saturated rings. The van der Waals surface area contributed by atoms with Gasteiger partial charge in [0.05, 0.1) is 25.0 Å². The predicted molar refractivity (Wildman–Crippen MR) is 121 cm³/mol. The molecule has 0 aliphatic carbocycles. The molecule has 0 N–H and O–H groups in total. The average molecular weight is 494 g/mol. The third kappa shape index (κ3) is 4.54. The number of thiazole rings is 1. The van der Waals surface area contributed by atoms with Crippen molar-refractivity contribution in [1.82, 2.24) is 9.88 Å². The molecule has 9 heteroatoms. The number of hydrogen-bond acceptors (Lipinski definition) is 7. The Morgan fingerprint density at radius 3 is 2.80 bits per heavy atom. The van der Waals surface area contributed by atoms with Gasteiger partial charge in [-0.1, -0.05) is 17.4 Å². The maximum atomic E-state index is 13.3. The lowest BCUT2D eigenvalue weighted by atomic mass is 10.2. The summed E-state index contributed by atoms with van der Waals surface area (Å²) in [5.41, 5.74) is 1.89. The molecule has 1 amide bonds. The van der Waals surface area contributed by atoms with E-state index in [-0.39, 0.29) is 11.7 Å². The predicted octanol–water partition coefficient (Wildman–Crippen LogP) is 4.34. The monoisotopic (exact) mass is 493 g/mol. The van der Waals surface area contributed by atoms with E-state index in [0.717, 1.165) is 55.0 Å². The maximum Gasteiger partial charge on any atom is 0.295 e. The van der Waals surface area contributed by atoms with Gasteiger partial charge in [0, 0.05) is 26.2 Å². The van der Waals surface area contributed by atoms with Gasteiger partial charge in [0.2, 0.25) is 0 Å². The fraction of sp³-hybridized carbons (Fsp3) is 0.429. The summed E-state index contributed by atoms with van der Waals surface area (Å²) in [5, 5.41) is 0.650. The van der Waals surface area contributed by atoms with Gasteiger partial charge in [-0.15, -0.1) is 0 Å². The SMILES string of the molecule is COc1ccc(C)c2sc(N(CCCN3CCOCC3)C(=O)c3ccc(Br)o3)nc12. The van der Waals surface area contributed by atoms with Gasteiger partial charge in [0.25, 0.3) is 5.91 Å². The van der Waals surface area contributed by atoms with Gasteiger partial charge in [0.15, 0.2) is 15.6 Å². The van der Waals surface area contributed by atoms with Crippen molar-refractivity contribution in [3.05, 3.63) is 40.3 Å². The highest BCUT2D eigenvalue weighted by atomic mass is 79.9. The number of aromatic nitrogens is 1. The van der Waals surface area contributed by atoms with E-state index in [0.29, 0.717) is 22.1 Å². The summed E-state index contributed by atoms with van der Waals surface area (Å²) >= 11 is 4.79. The van der Waals surface area contributed by atoms with Crippen LogP contribution in [-0.4, -0.2) is 62.3 Å². The number of hydrogen-bond donors (Lipinski definition) is 0. The second-order valence-electron chi connectivity index (χ2n) is 7.13. The van der Waals surface area contributed by atoms with Gasteiger partial charge in [-0.25, -0.2) is 4.98 Å². The van der Waals surface area contributed by atoms with Gasteiger partial charge in [-0.05, 0) is 53.0 Å². The van der Waals surface area contributed by atoms with Crippen molar-refractivity contribution in [2.24, 2.45) is 0 Å². The number of aryl methyl sites for hydroxylation is 1. The zero-order valence-electron chi connectivity index (χ0n) is 17.0. The Kier molecular flexibility index (Phi) is 6.72. The maximum absolute atomic E-state index is 13.3. The molecule has 1 saturated heterocycles. The number of ether oxygens (including phenoxy) is 2. The summed E-state index contributed by atoms with van der Waals surface area (Å²) in [5.74, 6) is 0.800. The molecule has 1 aliphatic heterocycles. The molecule has 0 atom stereocenters. The van der Waals surface area contributed by atoms with Gasteiger partial charge >= 0.3 is 0 Å². The first kappa shape index (κ1) is 21.3. The molecule has 7 nitrogen and oxygen atoms in total. The van der Waals surface area contributed by atoms with Crippen molar-refractivity contribution >= 4 is 48.5 Å². The molecule has 1 aliphatic rings. The van der Waals surface area contributed by atoms with Crippen molar-refractivity contribution in [2.75, 3.05) is 51.4 Å². The summed E-state index contributed by atoms with van der Waals surface area (Å²) in [6.07, 6.45) is 0.833. The molecule has 3 aromatic rings. The van der Waals surface area contributed by atoms with Crippen molar-refractivity contribution in [3.63, 3.8) is 0 Å². The number of furan rings is 1. The van der Waals surface area contributed by atoms with E-state index in [2.05, 4.69) is 20.8 Å². The van der Waals surface area contributed by atoms with Crippen LogP contribution in [0.25, 0.3) is 10.2 Å². The van der Waals surface area contributed by atoms with E-state index in [1.54, 1.807) is 24.1 Å². The zero-order chi connectivity index (χ0) is 21.1. The molecule has 160 valence electrons. The number of carbonyl (C=O) groups excluding carboxylic acids is 1. The normalized spacial score (nSPS) is 14.9. The van der Waals surface area contributed by atoms with Crippen molar-refractivity contribution in [3.8, 4) is 5.75 Å². The second kappa shape index (κ2) is 9.47. The highest BCUT2D eigenvalue weighted by molar-refractivity contribution is 9.10. The van der Waals surface area contributed by atoms with Crippen LogP contribution in [0.1, 0.15) is 22.5 Å². The summed E-state index contributed by atoms with van der Waals surface area (Å²) in [6.45, 7) is 6.88. The molecule has 0 unspecified atom stereocenters. The summed E-state index contributed by atoms with van der Waals surface area (Å²) < 4.78 is 18.0. The van der Waals surface area contributed by atoms with Crippen molar-refractivity contribution < 1.29 is 18.7 Å². The van der Waals surface area contributed by atoms with Crippen LogP contribution < -0.4 is 9.64 Å². The number of rotatable bonds is 7. The van der Waals surface area contributed by atoms with E-state index in [1.165, 1.54) is 11.3 Å². The minimum absolute atomic E-state index is 0.196. The second-order valence-corrected chi connectivity index (χ2v) is 8.89. The van der Waals surface area contributed by atoms with E-state index < -0.39 is 0 Å². The molecule has 0 spiro atoms. The van der Waals surface area contributed by atoms with Crippen LogP contribution in [-0.2, 0) is 4.74 Å². The fourth-order valence-electron chi connectivity index (χ4n) is 3.50. The van der Waals surface area contributed by atoms with Crippen LogP contribution in [0.3, 0.4) is 0 Å². The number of fused-ring (bicyclic) bond motifs is 1. The molecule has 0 radical (unpaired) electrons. The summed E-state index contributed by atoms with van der Waals surface area (Å²) in [7, 11) is 1.63. The largest absolute Gasteiger partial charge is 0.494 e. The highest BCUT2D eigenvalue weighted by Crippen LogP contribution is 2.37. The van der Waals surface area contributed by atoms with E-state index in [4.69, 9.17) is 18.9 Å². The minimum atomic E-state index is -0.196. The van der Waals surface area contributed by atoms with E-state index in [1.807, 2.05) is 19.1 Å². The Bertz CT molecular complexity index is 1030. The Morgan fingerprint density at radius 2 is 2.10 bits per heavy atom. The Morgan fingerprint density at radius 1 is 1.30 bits per heavy atom. The quantitative estimate of drug-likeness (QED) is 0.487. The van der Waals surface area contributed by atoms with Crippen molar-refractivity contribution in [2.45, 2.75) is 13.3 Å². The highest BCUT2D eigenvalue weighted by Gasteiger charge is 2.25. The van der Waals surface area contributed by atoms with Gasteiger partial charge in [0.1, 0.15) is 11.3 Å². The van der Waals surface area contributed by atoms with Crippen molar-refractivity contribution in [1.29, 1.82) is 0 Å². The molecule has 30 heavy (non-hydrogen) atoms. The first-order valence-electron chi connectivity index (χ1n) is 9.88. The number of halogens is 1. The topological polar surface area (TPSA) is 68.0 Å². The van der Waals surface area contributed by atoms with Crippen LogP contribution in [0.2, 0.25) is 0 Å². The lowest BCUT2D eigenvalue weighted by molar-refractivity contribution is 0.0376. The molecular formula is C21H24BrN3O4S. The minimum Gasteiger partial charge on any atom is -0.494 e. The summed E-state index contributed by atoms with van der Waals surface area (Å²) in [4.78, 5) is 22.1. The zero-order valence-corrected chi connectivity index (χ0v) is 19.4. The Hall–Kier alpha value is -1.94. The molecular weight excluding hydrogens is 470 g/mol. The lowest BCUT2D eigenvalue weighted by Crippen LogP contribution is -2.39. The fourth-order valence-corrected chi connectivity index (χ4v) is 4.88. The van der Waals surface area contributed by atoms with E-state index >= 15 is 0 Å². The van der Waals surface area contributed by atoms with E-state index in [9.17, 15) is 4.79 Å². The Labute approximate surface area is 187 Å². The number of carbonyl (C=O) groups is 1. The molecule has 0 bridgehead atoms. The van der Waals surface area contributed by atoms with Gasteiger partial charge in [-0.2, -0.15) is 0 Å². The lowest BCUT2D eigenvalue weighted by Gasteiger charge is -2.27. The number of benzene rings is 1. The van der Waals surface area contributed by atoms with Crippen LogP contribution in [0.4, 0.5) is 5.13 Å². The third-order valence-electron chi connectivity index (χ3n) is 5.13. The van der Waals surface area contributed by atoms with Gasteiger partial charge in [-0.3, -0.25) is 14.6 Å². The van der Waals surface area contributed by atoms with Crippen LogP contribution in [0.15, 0.2) is 33.4 Å². The smallest absolute Gasteiger partial charge is 0.295 e. The molecule has 3 heterocycles. The summed E-state index contributed by atoms with van der Waals surface area (Å²) in [6, 6.07) is 7.33. The first-order valence-corrected chi connectivity index (χ1v) is 11.5. The molecule has 1 aromatic carbocycles. The van der Waals surface area contributed by atoms with Crippen LogP contribution in [0, 0.1) is 6.92 Å².